The summed E-state index contributed by atoms with van der Waals surface area (Å²) in [5, 5.41) is 2.87. The molecule has 102 valence electrons. The van der Waals surface area contributed by atoms with E-state index >= 15 is 0 Å². The normalized spacial score (nSPS) is 11.6. The fraction of sp³-hybridized carbons (Fsp3) is 0.455. The minimum absolute atomic E-state index is 0.0480. The third-order valence-electron chi connectivity index (χ3n) is 2.11. The predicted octanol–water partition coefficient (Wildman–Crippen LogP) is 2.13. The van der Waals surface area contributed by atoms with Crippen LogP contribution in [0.3, 0.4) is 0 Å². The Morgan fingerprint density at radius 1 is 1.33 bits per heavy atom. The summed E-state index contributed by atoms with van der Waals surface area (Å²) < 4.78 is 50.4. The number of nitrogens with one attached hydrogen (secondary N) is 1. The van der Waals surface area contributed by atoms with Crippen LogP contribution in [0.2, 0.25) is 0 Å². The quantitative estimate of drug-likeness (QED) is 0.777. The molecule has 0 aliphatic rings. The van der Waals surface area contributed by atoms with Crippen LogP contribution in [-0.4, -0.2) is 33.6 Å². The van der Waals surface area contributed by atoms with Gasteiger partial charge in [-0.25, -0.2) is 8.42 Å². The molecule has 0 atom stereocenters. The summed E-state index contributed by atoms with van der Waals surface area (Å²) in [7, 11) is -3.00. The molecule has 0 aliphatic heterocycles. The highest BCUT2D eigenvalue weighted by Crippen LogP contribution is 2.25. The zero-order chi connectivity index (χ0) is 13.6. The second-order valence-corrected chi connectivity index (χ2v) is 6.04. The maximum Gasteiger partial charge on any atom is 0.387 e. The Kier molecular flexibility index (Phi) is 5.33. The maximum absolute atomic E-state index is 12.1. The number of ether oxygens (including phenoxy) is 1. The molecule has 0 saturated carbocycles. The Balaban J connectivity index is 2.51. The van der Waals surface area contributed by atoms with Crippen molar-refractivity contribution in [1.82, 2.24) is 0 Å². The fourth-order valence-corrected chi connectivity index (χ4v) is 2.04. The lowest BCUT2D eigenvalue weighted by Gasteiger charge is -2.12. The summed E-state index contributed by atoms with van der Waals surface area (Å²) in [6, 6.07) is 6.28. The topological polar surface area (TPSA) is 55.4 Å². The third kappa shape index (κ3) is 5.81. The van der Waals surface area contributed by atoms with Gasteiger partial charge in [0.1, 0.15) is 15.6 Å². The zero-order valence-electron chi connectivity index (χ0n) is 9.90. The minimum atomic E-state index is -3.00. The van der Waals surface area contributed by atoms with Gasteiger partial charge in [0.05, 0.1) is 11.4 Å². The molecule has 0 amide bonds. The van der Waals surface area contributed by atoms with Crippen molar-refractivity contribution >= 4 is 15.5 Å². The molecular weight excluding hydrogens is 264 g/mol. The van der Waals surface area contributed by atoms with Gasteiger partial charge >= 0.3 is 6.61 Å². The minimum Gasteiger partial charge on any atom is -0.433 e. The average molecular weight is 279 g/mol. The second kappa shape index (κ2) is 6.53. The molecule has 4 nitrogen and oxygen atoms in total. The Hall–Kier alpha value is -1.37. The molecule has 18 heavy (non-hydrogen) atoms. The van der Waals surface area contributed by atoms with Crippen LogP contribution in [0.1, 0.15) is 6.42 Å². The van der Waals surface area contributed by atoms with E-state index in [0.717, 1.165) is 6.26 Å². The monoisotopic (exact) mass is 279 g/mol. The molecule has 7 heteroatoms. The number of benzene rings is 1. The van der Waals surface area contributed by atoms with Crippen molar-refractivity contribution in [3.05, 3.63) is 24.3 Å². The maximum atomic E-state index is 12.1. The van der Waals surface area contributed by atoms with Crippen molar-refractivity contribution in [2.45, 2.75) is 13.0 Å². The van der Waals surface area contributed by atoms with Crippen molar-refractivity contribution in [2.24, 2.45) is 0 Å². The molecule has 0 aliphatic carbocycles. The molecule has 0 heterocycles. The highest BCUT2D eigenvalue weighted by Gasteiger charge is 2.08. The van der Waals surface area contributed by atoms with Gasteiger partial charge in [-0.15, -0.1) is 0 Å². The molecule has 0 spiro atoms. The van der Waals surface area contributed by atoms with E-state index in [1.165, 1.54) is 6.07 Å². The van der Waals surface area contributed by atoms with Crippen LogP contribution in [0.15, 0.2) is 24.3 Å². The van der Waals surface area contributed by atoms with Crippen LogP contribution >= 0.6 is 0 Å². The number of hydrogen-bond donors (Lipinski definition) is 1. The summed E-state index contributed by atoms with van der Waals surface area (Å²) in [4.78, 5) is 0. The van der Waals surface area contributed by atoms with E-state index in [2.05, 4.69) is 10.1 Å². The Morgan fingerprint density at radius 2 is 2.00 bits per heavy atom. The van der Waals surface area contributed by atoms with Crippen LogP contribution < -0.4 is 10.1 Å². The summed E-state index contributed by atoms with van der Waals surface area (Å²) in [6.07, 6.45) is 1.56. The standard InChI is InChI=1S/C11H15F2NO3S/c1-18(15,16)8-4-7-14-9-5-2-3-6-10(9)17-11(12)13/h2-3,5-6,11,14H,4,7-8H2,1H3. The summed E-state index contributed by atoms with van der Waals surface area (Å²) >= 11 is 0. The second-order valence-electron chi connectivity index (χ2n) is 3.78. The highest BCUT2D eigenvalue weighted by atomic mass is 32.2. The summed E-state index contributed by atoms with van der Waals surface area (Å²) in [5.74, 6) is 0.101. The molecule has 1 N–H and O–H groups in total. The fourth-order valence-electron chi connectivity index (χ4n) is 1.37. The summed E-state index contributed by atoms with van der Waals surface area (Å²) in [5.41, 5.74) is 0.423. The SMILES string of the molecule is CS(=O)(=O)CCCNc1ccccc1OC(F)F. The molecule has 1 rings (SSSR count). The van der Waals surface area contributed by atoms with Crippen LogP contribution in [-0.2, 0) is 9.84 Å². The number of sulfone groups is 1. The van der Waals surface area contributed by atoms with Crippen molar-refractivity contribution in [2.75, 3.05) is 23.9 Å². The molecule has 0 saturated heterocycles. The first-order valence-electron chi connectivity index (χ1n) is 5.34. The first-order valence-corrected chi connectivity index (χ1v) is 7.40. The predicted molar refractivity (Wildman–Crippen MR) is 65.9 cm³/mol. The van der Waals surface area contributed by atoms with Crippen molar-refractivity contribution in [3.63, 3.8) is 0 Å². The Labute approximate surface area is 105 Å². The lowest BCUT2D eigenvalue weighted by Crippen LogP contribution is -2.11. The molecule has 0 unspecified atom stereocenters. The van der Waals surface area contributed by atoms with Crippen LogP contribution in [0.4, 0.5) is 14.5 Å². The van der Waals surface area contributed by atoms with E-state index in [9.17, 15) is 17.2 Å². The first kappa shape index (κ1) is 14.7. The van der Waals surface area contributed by atoms with Crippen LogP contribution in [0.25, 0.3) is 0 Å². The summed E-state index contributed by atoms with van der Waals surface area (Å²) in [6.45, 7) is -2.51. The lowest BCUT2D eigenvalue weighted by atomic mass is 10.3. The van der Waals surface area contributed by atoms with Gasteiger partial charge in [-0.05, 0) is 18.6 Å². The van der Waals surface area contributed by atoms with E-state index < -0.39 is 16.4 Å². The molecule has 0 fully saturated rings. The van der Waals surface area contributed by atoms with Gasteiger partial charge in [-0.3, -0.25) is 0 Å². The van der Waals surface area contributed by atoms with Crippen molar-refractivity contribution < 1.29 is 21.9 Å². The number of halogens is 2. The van der Waals surface area contributed by atoms with Gasteiger partial charge in [0.25, 0.3) is 0 Å². The Bertz CT molecular complexity index is 477. The van der Waals surface area contributed by atoms with E-state index in [1.54, 1.807) is 18.2 Å². The van der Waals surface area contributed by atoms with Crippen LogP contribution in [0, 0.1) is 0 Å². The van der Waals surface area contributed by atoms with E-state index in [0.29, 0.717) is 18.7 Å². The van der Waals surface area contributed by atoms with Gasteiger partial charge in [0, 0.05) is 12.8 Å². The Morgan fingerprint density at radius 3 is 2.61 bits per heavy atom. The molecule has 0 aromatic heterocycles. The molecule has 1 aromatic rings. The number of anilines is 1. The lowest BCUT2D eigenvalue weighted by molar-refractivity contribution is -0.0493. The number of para-hydroxylation sites is 2. The molecular formula is C11H15F2NO3S. The number of rotatable bonds is 7. The molecule has 0 bridgehead atoms. The van der Waals surface area contributed by atoms with Gasteiger partial charge in [0.15, 0.2) is 0 Å². The first-order chi connectivity index (χ1) is 8.38. The van der Waals surface area contributed by atoms with Gasteiger partial charge in [-0.2, -0.15) is 8.78 Å². The number of alkyl halides is 2. The highest BCUT2D eigenvalue weighted by molar-refractivity contribution is 7.90. The molecule has 0 radical (unpaired) electrons. The zero-order valence-corrected chi connectivity index (χ0v) is 10.7. The van der Waals surface area contributed by atoms with Gasteiger partial charge in [-0.1, -0.05) is 12.1 Å². The van der Waals surface area contributed by atoms with Crippen LogP contribution in [0.5, 0.6) is 5.75 Å². The largest absolute Gasteiger partial charge is 0.433 e. The van der Waals surface area contributed by atoms with Gasteiger partial charge in [0.2, 0.25) is 0 Å². The van der Waals surface area contributed by atoms with Crippen molar-refractivity contribution in [3.8, 4) is 5.75 Å². The van der Waals surface area contributed by atoms with E-state index in [1.807, 2.05) is 0 Å². The third-order valence-corrected chi connectivity index (χ3v) is 3.14. The van der Waals surface area contributed by atoms with Gasteiger partial charge < -0.3 is 10.1 Å². The molecule has 1 aromatic carbocycles. The van der Waals surface area contributed by atoms with E-state index in [4.69, 9.17) is 0 Å². The average Bonchev–Trinajstić information content (AvgIpc) is 2.24. The number of hydrogen-bond acceptors (Lipinski definition) is 4. The van der Waals surface area contributed by atoms with Crippen molar-refractivity contribution in [1.29, 1.82) is 0 Å². The van der Waals surface area contributed by atoms with E-state index in [-0.39, 0.29) is 11.5 Å². The smallest absolute Gasteiger partial charge is 0.387 e.